The Balaban J connectivity index is 1.76. The van der Waals surface area contributed by atoms with Crippen molar-refractivity contribution in [3.63, 3.8) is 0 Å². The molecule has 2 aromatic carbocycles. The van der Waals surface area contributed by atoms with Gasteiger partial charge in [-0.1, -0.05) is 41.4 Å². The lowest BCUT2D eigenvalue weighted by Gasteiger charge is -2.40. The Hall–Kier alpha value is -1.91. The Labute approximate surface area is 189 Å². The Morgan fingerprint density at radius 1 is 1.10 bits per heavy atom. The number of aryl methyl sites for hydroxylation is 1. The first kappa shape index (κ1) is 22.8. The highest BCUT2D eigenvalue weighted by atomic mass is 35.5. The van der Waals surface area contributed by atoms with Crippen molar-refractivity contribution < 1.29 is 9.53 Å². The van der Waals surface area contributed by atoms with Crippen LogP contribution in [0.2, 0.25) is 10.0 Å². The standard InChI is InChI=1S/C24H30Cl2N2O2/c1-17-6-5-7-20(14-17)28(16-18-8-9-21(25)22(26)15-18)19-10-12-27(13-11-19)23(29)30-24(2,3)4/h5-9,14-15,19H,10-13,16H2,1-4H3. The molecule has 1 amide bonds. The predicted octanol–water partition coefficient (Wildman–Crippen LogP) is 6.71. The maximum atomic E-state index is 12.4. The summed E-state index contributed by atoms with van der Waals surface area (Å²) < 4.78 is 5.54. The molecule has 162 valence electrons. The normalized spacial score (nSPS) is 15.2. The van der Waals surface area contributed by atoms with Crippen molar-refractivity contribution in [2.24, 2.45) is 0 Å². The molecule has 6 heteroatoms. The first-order valence-electron chi connectivity index (χ1n) is 10.4. The van der Waals surface area contributed by atoms with Crippen LogP contribution in [0.25, 0.3) is 0 Å². The number of carbonyl (C=O) groups is 1. The molecule has 0 saturated carbocycles. The lowest BCUT2D eigenvalue weighted by Crippen LogP contribution is -2.48. The highest BCUT2D eigenvalue weighted by molar-refractivity contribution is 6.42. The number of hydrogen-bond donors (Lipinski definition) is 0. The smallest absolute Gasteiger partial charge is 0.410 e. The molecule has 0 radical (unpaired) electrons. The van der Waals surface area contributed by atoms with Crippen LogP contribution in [0.5, 0.6) is 0 Å². The second-order valence-corrected chi connectivity index (χ2v) is 9.73. The number of rotatable bonds is 4. The number of hydrogen-bond acceptors (Lipinski definition) is 3. The zero-order valence-corrected chi connectivity index (χ0v) is 19.6. The van der Waals surface area contributed by atoms with Crippen LogP contribution < -0.4 is 4.90 Å². The largest absolute Gasteiger partial charge is 0.444 e. The van der Waals surface area contributed by atoms with Crippen molar-refractivity contribution in [2.75, 3.05) is 18.0 Å². The third-order valence-electron chi connectivity index (χ3n) is 5.23. The van der Waals surface area contributed by atoms with E-state index in [1.807, 2.05) is 43.9 Å². The van der Waals surface area contributed by atoms with Gasteiger partial charge >= 0.3 is 6.09 Å². The first-order valence-corrected chi connectivity index (χ1v) is 11.1. The molecule has 1 fully saturated rings. The van der Waals surface area contributed by atoms with E-state index in [1.54, 1.807) is 0 Å². The van der Waals surface area contributed by atoms with Crippen LogP contribution in [-0.2, 0) is 11.3 Å². The summed E-state index contributed by atoms with van der Waals surface area (Å²) in [5.41, 5.74) is 3.03. The molecule has 0 spiro atoms. The number of nitrogens with zero attached hydrogens (tertiary/aromatic N) is 2. The molecule has 2 aromatic rings. The minimum absolute atomic E-state index is 0.229. The van der Waals surface area contributed by atoms with Crippen molar-refractivity contribution in [1.29, 1.82) is 0 Å². The number of anilines is 1. The van der Waals surface area contributed by atoms with Gasteiger partial charge in [0.25, 0.3) is 0 Å². The molecule has 0 atom stereocenters. The van der Waals surface area contributed by atoms with Gasteiger partial charge in [0, 0.05) is 31.4 Å². The van der Waals surface area contributed by atoms with Gasteiger partial charge in [-0.05, 0) is 75.9 Å². The predicted molar refractivity (Wildman–Crippen MR) is 125 cm³/mol. The zero-order chi connectivity index (χ0) is 21.9. The van der Waals surface area contributed by atoms with Crippen LogP contribution in [-0.4, -0.2) is 35.7 Å². The molecule has 30 heavy (non-hydrogen) atoms. The quantitative estimate of drug-likeness (QED) is 0.520. The summed E-state index contributed by atoms with van der Waals surface area (Å²) >= 11 is 12.4. The molecule has 1 saturated heterocycles. The van der Waals surface area contributed by atoms with Crippen molar-refractivity contribution in [3.8, 4) is 0 Å². The highest BCUT2D eigenvalue weighted by Gasteiger charge is 2.30. The second kappa shape index (κ2) is 9.49. The van der Waals surface area contributed by atoms with Crippen LogP contribution in [0.4, 0.5) is 10.5 Å². The molecule has 3 rings (SSSR count). The summed E-state index contributed by atoms with van der Waals surface area (Å²) in [4.78, 5) is 16.7. The van der Waals surface area contributed by atoms with Crippen molar-refractivity contribution in [1.82, 2.24) is 4.90 Å². The Morgan fingerprint density at radius 2 is 1.80 bits per heavy atom. The molecule has 0 N–H and O–H groups in total. The summed E-state index contributed by atoms with van der Waals surface area (Å²) in [6, 6.07) is 14.7. The van der Waals surface area contributed by atoms with E-state index in [9.17, 15) is 4.79 Å². The number of piperidine rings is 1. The number of benzene rings is 2. The highest BCUT2D eigenvalue weighted by Crippen LogP contribution is 2.29. The number of amides is 1. The topological polar surface area (TPSA) is 32.8 Å². The summed E-state index contributed by atoms with van der Waals surface area (Å²) in [5, 5.41) is 1.13. The fourth-order valence-electron chi connectivity index (χ4n) is 3.76. The molecule has 1 heterocycles. The SMILES string of the molecule is Cc1cccc(N(Cc2ccc(Cl)c(Cl)c2)C2CCN(C(=O)OC(C)(C)C)CC2)c1. The number of ether oxygens (including phenoxy) is 1. The van der Waals surface area contributed by atoms with E-state index < -0.39 is 5.60 Å². The molecule has 0 aliphatic carbocycles. The van der Waals surface area contributed by atoms with Gasteiger partial charge < -0.3 is 14.5 Å². The lowest BCUT2D eigenvalue weighted by molar-refractivity contribution is 0.0204. The average molecular weight is 449 g/mol. The summed E-state index contributed by atoms with van der Waals surface area (Å²) in [7, 11) is 0. The minimum atomic E-state index is -0.477. The maximum Gasteiger partial charge on any atom is 0.410 e. The zero-order valence-electron chi connectivity index (χ0n) is 18.1. The molecule has 0 aromatic heterocycles. The molecule has 0 unspecified atom stereocenters. The molecule has 4 nitrogen and oxygen atoms in total. The fraction of sp³-hybridized carbons (Fsp3) is 0.458. The first-order chi connectivity index (χ1) is 14.1. The third kappa shape index (κ3) is 6.05. The van der Waals surface area contributed by atoms with E-state index in [1.165, 1.54) is 11.3 Å². The van der Waals surface area contributed by atoms with Crippen molar-refractivity contribution >= 4 is 35.0 Å². The van der Waals surface area contributed by atoms with Crippen LogP contribution in [0.3, 0.4) is 0 Å². The summed E-state index contributed by atoms with van der Waals surface area (Å²) in [5.74, 6) is 0. The van der Waals surface area contributed by atoms with Gasteiger partial charge in [-0.15, -0.1) is 0 Å². The van der Waals surface area contributed by atoms with E-state index in [2.05, 4.69) is 36.1 Å². The van der Waals surface area contributed by atoms with Crippen LogP contribution in [0.1, 0.15) is 44.7 Å². The van der Waals surface area contributed by atoms with E-state index in [0.29, 0.717) is 29.2 Å². The molecular weight excluding hydrogens is 419 g/mol. The van der Waals surface area contributed by atoms with Gasteiger partial charge in [-0.25, -0.2) is 4.79 Å². The minimum Gasteiger partial charge on any atom is -0.444 e. The van der Waals surface area contributed by atoms with Crippen LogP contribution in [0.15, 0.2) is 42.5 Å². The second-order valence-electron chi connectivity index (χ2n) is 8.91. The van der Waals surface area contributed by atoms with Gasteiger partial charge in [0.2, 0.25) is 0 Å². The van der Waals surface area contributed by atoms with Gasteiger partial charge in [0.1, 0.15) is 5.60 Å². The van der Waals surface area contributed by atoms with Gasteiger partial charge in [0.05, 0.1) is 10.0 Å². The van der Waals surface area contributed by atoms with E-state index in [-0.39, 0.29) is 6.09 Å². The Kier molecular flexibility index (Phi) is 7.20. The van der Waals surface area contributed by atoms with Crippen molar-refractivity contribution in [2.45, 2.75) is 58.7 Å². The Bertz CT molecular complexity index is 887. The molecule has 1 aliphatic rings. The molecule has 0 bridgehead atoms. The lowest BCUT2D eigenvalue weighted by atomic mass is 10.0. The van der Waals surface area contributed by atoms with Gasteiger partial charge in [-0.2, -0.15) is 0 Å². The third-order valence-corrected chi connectivity index (χ3v) is 5.97. The van der Waals surface area contributed by atoms with Crippen LogP contribution >= 0.6 is 23.2 Å². The van der Waals surface area contributed by atoms with Gasteiger partial charge in [0.15, 0.2) is 0 Å². The average Bonchev–Trinajstić information content (AvgIpc) is 2.67. The van der Waals surface area contributed by atoms with Gasteiger partial charge in [-0.3, -0.25) is 0 Å². The molecule has 1 aliphatic heterocycles. The van der Waals surface area contributed by atoms with E-state index in [0.717, 1.165) is 24.9 Å². The summed E-state index contributed by atoms with van der Waals surface area (Å²) in [6.07, 6.45) is 1.54. The fourth-order valence-corrected chi connectivity index (χ4v) is 4.08. The Morgan fingerprint density at radius 3 is 2.40 bits per heavy atom. The number of likely N-dealkylation sites (tertiary alicyclic amines) is 1. The van der Waals surface area contributed by atoms with Crippen LogP contribution in [0, 0.1) is 6.92 Å². The monoisotopic (exact) mass is 448 g/mol. The number of halogens is 2. The number of carbonyl (C=O) groups excluding carboxylic acids is 1. The maximum absolute atomic E-state index is 12.4. The van der Waals surface area contributed by atoms with Crippen molar-refractivity contribution in [3.05, 3.63) is 63.6 Å². The summed E-state index contributed by atoms with van der Waals surface area (Å²) in [6.45, 7) is 9.90. The molecular formula is C24H30Cl2N2O2. The van der Waals surface area contributed by atoms with E-state index in [4.69, 9.17) is 27.9 Å². The van der Waals surface area contributed by atoms with E-state index >= 15 is 0 Å².